The van der Waals surface area contributed by atoms with Gasteiger partial charge in [-0.25, -0.2) is 8.42 Å². The summed E-state index contributed by atoms with van der Waals surface area (Å²) in [7, 11) is -3.66. The Morgan fingerprint density at radius 3 is 2.54 bits per heavy atom. The Labute approximate surface area is 210 Å². The summed E-state index contributed by atoms with van der Waals surface area (Å²) in [5.41, 5.74) is 2.02. The van der Waals surface area contributed by atoms with E-state index in [4.69, 9.17) is 4.42 Å². The number of rotatable bonds is 8. The number of aryl methyl sites for hydroxylation is 1. The Hall–Kier alpha value is -2.69. The predicted octanol–water partition coefficient (Wildman–Crippen LogP) is 4.51. The van der Waals surface area contributed by atoms with Gasteiger partial charge in [-0.2, -0.15) is 4.31 Å². The van der Waals surface area contributed by atoms with E-state index in [9.17, 15) is 13.2 Å². The maximum atomic E-state index is 13.0. The first-order chi connectivity index (χ1) is 16.7. The average Bonchev–Trinajstić information content (AvgIpc) is 3.27. The molecule has 1 unspecified atom stereocenters. The van der Waals surface area contributed by atoms with Gasteiger partial charge in [0, 0.05) is 23.2 Å². The fourth-order valence-electron chi connectivity index (χ4n) is 3.95. The number of hydrogen-bond donors (Lipinski definition) is 1. The third kappa shape index (κ3) is 6.50. The fraction of sp³-hybridized carbons (Fsp3) is 0.400. The minimum Gasteiger partial charge on any atom is -0.407 e. The summed E-state index contributed by atoms with van der Waals surface area (Å²) in [6.45, 7) is 6.72. The molecule has 8 nitrogen and oxygen atoms in total. The number of hydrogen-bond acceptors (Lipinski definition) is 7. The highest BCUT2D eigenvalue weighted by atomic mass is 32.2. The molecule has 0 radical (unpaired) electrons. The Bertz CT molecular complexity index is 1260. The van der Waals surface area contributed by atoms with E-state index in [1.807, 2.05) is 19.1 Å². The Balaban J connectivity index is 1.35. The van der Waals surface area contributed by atoms with Crippen molar-refractivity contribution >= 4 is 33.7 Å². The zero-order valence-electron chi connectivity index (χ0n) is 20.1. The van der Waals surface area contributed by atoms with Crippen molar-refractivity contribution in [2.45, 2.75) is 55.1 Å². The number of sulfonamides is 1. The van der Waals surface area contributed by atoms with Gasteiger partial charge in [0.1, 0.15) is 0 Å². The van der Waals surface area contributed by atoms with E-state index in [0.29, 0.717) is 36.9 Å². The lowest BCUT2D eigenvalue weighted by molar-refractivity contribution is -0.121. The molecule has 1 saturated heterocycles. The van der Waals surface area contributed by atoms with Crippen molar-refractivity contribution in [2.75, 3.05) is 18.4 Å². The Kier molecular flexibility index (Phi) is 7.93. The van der Waals surface area contributed by atoms with E-state index in [1.165, 1.54) is 9.20 Å². The number of benzene rings is 2. The lowest BCUT2D eigenvalue weighted by Crippen LogP contribution is -2.43. The number of carbonyl (C=O) groups excluding carboxylic acids is 1. The highest BCUT2D eigenvalue weighted by Crippen LogP contribution is 2.26. The molecule has 0 aliphatic carbocycles. The average molecular weight is 515 g/mol. The summed E-state index contributed by atoms with van der Waals surface area (Å²) < 4.78 is 33.1. The number of nitrogens with zero attached hydrogens (tertiary/aromatic N) is 3. The molecule has 1 fully saturated rings. The van der Waals surface area contributed by atoms with Crippen LogP contribution in [0.5, 0.6) is 0 Å². The van der Waals surface area contributed by atoms with Crippen molar-refractivity contribution in [3.05, 3.63) is 65.5 Å². The van der Waals surface area contributed by atoms with Crippen molar-refractivity contribution in [3.63, 3.8) is 0 Å². The second-order valence-electron chi connectivity index (χ2n) is 8.99. The number of amides is 1. The lowest BCUT2D eigenvalue weighted by atomic mass is 9.99. The van der Waals surface area contributed by atoms with Gasteiger partial charge in [-0.15, -0.1) is 16.9 Å². The molecule has 1 aliphatic heterocycles. The molecular weight excluding hydrogens is 484 g/mol. The molecule has 3 aromatic rings. The van der Waals surface area contributed by atoms with E-state index < -0.39 is 15.9 Å². The maximum Gasteiger partial charge on any atom is 0.322 e. The third-order valence-electron chi connectivity index (χ3n) is 5.76. The van der Waals surface area contributed by atoms with Crippen LogP contribution in [0.3, 0.4) is 0 Å². The largest absolute Gasteiger partial charge is 0.407 e. The normalized spacial score (nSPS) is 17.0. The van der Waals surface area contributed by atoms with Crippen LogP contribution in [0.25, 0.3) is 0 Å². The first-order valence-corrected chi connectivity index (χ1v) is 14.0. The van der Waals surface area contributed by atoms with Crippen LogP contribution in [0, 0.1) is 12.8 Å². The molecule has 0 spiro atoms. The molecule has 2 aromatic carbocycles. The SMILES string of the molecule is Cc1ccc(S(=O)(=O)N2CCCC(C(=O)Nc3nnc(Cc4ccc(SC(C)C)cc4)o3)C2)cc1. The van der Waals surface area contributed by atoms with E-state index in [-0.39, 0.29) is 23.4 Å². The van der Waals surface area contributed by atoms with E-state index in [2.05, 4.69) is 41.5 Å². The summed E-state index contributed by atoms with van der Waals surface area (Å²) in [5, 5.41) is 11.2. The van der Waals surface area contributed by atoms with Crippen LogP contribution in [0.15, 0.2) is 62.7 Å². The summed E-state index contributed by atoms with van der Waals surface area (Å²) in [4.78, 5) is 14.3. The fourth-order valence-corrected chi connectivity index (χ4v) is 6.31. The lowest BCUT2D eigenvalue weighted by Gasteiger charge is -2.30. The quantitative estimate of drug-likeness (QED) is 0.441. The second-order valence-corrected chi connectivity index (χ2v) is 12.6. The van der Waals surface area contributed by atoms with Crippen LogP contribution in [0.2, 0.25) is 0 Å². The number of aromatic nitrogens is 2. The molecule has 10 heteroatoms. The molecule has 0 bridgehead atoms. The number of carbonyl (C=O) groups is 1. The molecule has 0 saturated carbocycles. The smallest absolute Gasteiger partial charge is 0.322 e. The number of nitrogens with one attached hydrogen (secondary N) is 1. The third-order valence-corrected chi connectivity index (χ3v) is 8.66. The van der Waals surface area contributed by atoms with Crippen LogP contribution >= 0.6 is 11.8 Å². The predicted molar refractivity (Wildman–Crippen MR) is 136 cm³/mol. The highest BCUT2D eigenvalue weighted by molar-refractivity contribution is 7.99. The molecule has 1 aromatic heterocycles. The minimum absolute atomic E-state index is 0.0236. The first kappa shape index (κ1) is 25.4. The number of piperidine rings is 1. The van der Waals surface area contributed by atoms with Crippen molar-refractivity contribution < 1.29 is 17.6 Å². The monoisotopic (exact) mass is 514 g/mol. The minimum atomic E-state index is -3.66. The van der Waals surface area contributed by atoms with Crippen molar-refractivity contribution in [1.29, 1.82) is 0 Å². The topological polar surface area (TPSA) is 105 Å². The van der Waals surface area contributed by atoms with E-state index in [0.717, 1.165) is 11.1 Å². The van der Waals surface area contributed by atoms with Crippen molar-refractivity contribution in [3.8, 4) is 0 Å². The van der Waals surface area contributed by atoms with Crippen LogP contribution < -0.4 is 5.32 Å². The van der Waals surface area contributed by atoms with Crippen LogP contribution in [0.4, 0.5) is 6.01 Å². The van der Waals surface area contributed by atoms with Gasteiger partial charge in [-0.1, -0.05) is 48.8 Å². The maximum absolute atomic E-state index is 13.0. The van der Waals surface area contributed by atoms with Gasteiger partial charge in [0.15, 0.2) is 0 Å². The van der Waals surface area contributed by atoms with Gasteiger partial charge in [-0.05, 0) is 49.6 Å². The van der Waals surface area contributed by atoms with Gasteiger partial charge in [0.25, 0.3) is 0 Å². The summed E-state index contributed by atoms with van der Waals surface area (Å²) in [6.07, 6.45) is 1.65. The standard InChI is InChI=1S/C25H30N4O4S2/c1-17(2)34-21-10-8-19(9-11-21)15-23-27-28-25(33-23)26-24(30)20-5-4-14-29(16-20)35(31,32)22-12-6-18(3)7-13-22/h6-13,17,20H,4-5,14-16H2,1-3H3,(H,26,28,30). The molecular formula is C25H30N4O4S2. The molecule has 4 rings (SSSR count). The van der Waals surface area contributed by atoms with Gasteiger partial charge in [-0.3, -0.25) is 10.1 Å². The first-order valence-electron chi connectivity index (χ1n) is 11.7. The summed E-state index contributed by atoms with van der Waals surface area (Å²) >= 11 is 1.80. The van der Waals surface area contributed by atoms with Gasteiger partial charge < -0.3 is 4.42 Å². The van der Waals surface area contributed by atoms with Crippen LogP contribution in [0.1, 0.15) is 43.7 Å². The molecule has 35 heavy (non-hydrogen) atoms. The zero-order chi connectivity index (χ0) is 25.0. The van der Waals surface area contributed by atoms with Gasteiger partial charge >= 0.3 is 6.01 Å². The summed E-state index contributed by atoms with van der Waals surface area (Å²) in [6, 6.07) is 15.0. The van der Waals surface area contributed by atoms with E-state index >= 15 is 0 Å². The van der Waals surface area contributed by atoms with Gasteiger partial charge in [0.2, 0.25) is 21.8 Å². The highest BCUT2D eigenvalue weighted by Gasteiger charge is 2.33. The molecule has 2 heterocycles. The zero-order valence-corrected chi connectivity index (χ0v) is 21.7. The molecule has 1 amide bonds. The Morgan fingerprint density at radius 1 is 1.14 bits per heavy atom. The van der Waals surface area contributed by atoms with Gasteiger partial charge in [0.05, 0.1) is 17.2 Å². The number of thioether (sulfide) groups is 1. The Morgan fingerprint density at radius 2 is 1.86 bits per heavy atom. The van der Waals surface area contributed by atoms with Crippen LogP contribution in [-0.4, -0.2) is 47.2 Å². The molecule has 1 N–H and O–H groups in total. The van der Waals surface area contributed by atoms with Crippen molar-refractivity contribution in [1.82, 2.24) is 14.5 Å². The van der Waals surface area contributed by atoms with Crippen LogP contribution in [-0.2, 0) is 21.2 Å². The molecule has 186 valence electrons. The van der Waals surface area contributed by atoms with E-state index in [1.54, 1.807) is 36.0 Å². The molecule has 1 aliphatic rings. The number of anilines is 1. The second kappa shape index (κ2) is 10.9. The molecule has 1 atom stereocenters. The summed E-state index contributed by atoms with van der Waals surface area (Å²) in [5.74, 6) is -0.416. The van der Waals surface area contributed by atoms with Crippen molar-refractivity contribution in [2.24, 2.45) is 5.92 Å².